The Morgan fingerprint density at radius 1 is 0.357 bits per heavy atom. The van der Waals surface area contributed by atoms with Crippen LogP contribution >= 0.6 is 0 Å². The highest BCUT2D eigenvalue weighted by atomic mass is 14.2. The molecule has 0 aliphatic heterocycles. The van der Waals surface area contributed by atoms with Crippen LogP contribution in [0.3, 0.4) is 0 Å². The van der Waals surface area contributed by atoms with Gasteiger partial charge in [0.2, 0.25) is 0 Å². The summed E-state index contributed by atoms with van der Waals surface area (Å²) < 4.78 is 0. The molecule has 0 saturated carbocycles. The minimum atomic E-state index is 0.906. The van der Waals surface area contributed by atoms with Crippen LogP contribution in [-0.4, -0.2) is 0 Å². The van der Waals surface area contributed by atoms with E-state index in [1.54, 1.807) is 0 Å². The molecule has 0 unspecified atom stereocenters. The molecule has 0 heterocycles. The lowest BCUT2D eigenvalue weighted by Gasteiger charge is -2.23. The monoisotopic (exact) mass is 394 g/mol. The van der Waals surface area contributed by atoms with Gasteiger partial charge in [0.25, 0.3) is 0 Å². The van der Waals surface area contributed by atoms with Crippen molar-refractivity contribution in [3.8, 4) is 0 Å². The Hall–Kier alpha value is 0. The summed E-state index contributed by atoms with van der Waals surface area (Å²) in [5.74, 6) is 5.52. The van der Waals surface area contributed by atoms with Gasteiger partial charge >= 0.3 is 0 Å². The molecule has 0 nitrogen and oxygen atoms in total. The summed E-state index contributed by atoms with van der Waals surface area (Å²) in [5.41, 5.74) is 0. The zero-order valence-electron chi connectivity index (χ0n) is 21.4. The first kappa shape index (κ1) is 28.0. The average molecular weight is 395 g/mol. The van der Waals surface area contributed by atoms with Gasteiger partial charge in [-0.2, -0.15) is 0 Å². The standard InChI is InChI=1S/C28H58/c1-9-11-16-24(4)19-25(5)17-13-12-14-18-26(6)21-28(8)22-27(7)20-23(3)15-10-2/h23-28H,9-22H2,1-8H3/t23-,24+,25-,26+,27+,28+/m1/s1. The molecule has 0 aromatic heterocycles. The molecule has 0 saturated heterocycles. The van der Waals surface area contributed by atoms with Gasteiger partial charge < -0.3 is 0 Å². The minimum absolute atomic E-state index is 0.906. The Morgan fingerprint density at radius 3 is 1.14 bits per heavy atom. The third kappa shape index (κ3) is 16.9. The first-order chi connectivity index (χ1) is 13.3. The highest BCUT2D eigenvalue weighted by Crippen LogP contribution is 2.28. The van der Waals surface area contributed by atoms with Crippen molar-refractivity contribution in [2.45, 2.75) is 145 Å². The van der Waals surface area contributed by atoms with Crippen LogP contribution in [0.2, 0.25) is 0 Å². The van der Waals surface area contributed by atoms with E-state index in [1.165, 1.54) is 89.9 Å². The van der Waals surface area contributed by atoms with Crippen molar-refractivity contribution >= 4 is 0 Å². The molecule has 0 bridgehead atoms. The molecule has 0 rings (SSSR count). The Kier molecular flexibility index (Phi) is 17.8. The van der Waals surface area contributed by atoms with E-state index in [1.807, 2.05) is 0 Å². The van der Waals surface area contributed by atoms with Crippen molar-refractivity contribution < 1.29 is 0 Å². The Morgan fingerprint density at radius 2 is 0.714 bits per heavy atom. The van der Waals surface area contributed by atoms with Crippen LogP contribution < -0.4 is 0 Å². The van der Waals surface area contributed by atoms with E-state index >= 15 is 0 Å². The Labute approximate surface area is 181 Å². The van der Waals surface area contributed by atoms with Crippen LogP contribution in [-0.2, 0) is 0 Å². The van der Waals surface area contributed by atoms with Gasteiger partial charge in [-0.25, -0.2) is 0 Å². The van der Waals surface area contributed by atoms with E-state index in [0.717, 1.165) is 35.5 Å². The molecule has 0 aromatic rings. The summed E-state index contributed by atoms with van der Waals surface area (Å²) in [4.78, 5) is 0. The van der Waals surface area contributed by atoms with Gasteiger partial charge in [0.1, 0.15) is 0 Å². The van der Waals surface area contributed by atoms with E-state index in [0.29, 0.717) is 0 Å². The van der Waals surface area contributed by atoms with Crippen molar-refractivity contribution in [3.05, 3.63) is 0 Å². The number of unbranched alkanes of at least 4 members (excludes halogenated alkanes) is 3. The van der Waals surface area contributed by atoms with Crippen molar-refractivity contribution in [2.75, 3.05) is 0 Å². The lowest BCUT2D eigenvalue weighted by atomic mass is 9.83. The van der Waals surface area contributed by atoms with Crippen molar-refractivity contribution in [2.24, 2.45) is 35.5 Å². The second-order valence-electron chi connectivity index (χ2n) is 11.1. The Bertz CT molecular complexity index is 320. The number of hydrogen-bond acceptors (Lipinski definition) is 0. The first-order valence-electron chi connectivity index (χ1n) is 13.3. The van der Waals surface area contributed by atoms with Crippen LogP contribution in [0.1, 0.15) is 145 Å². The van der Waals surface area contributed by atoms with Crippen LogP contribution in [0.5, 0.6) is 0 Å². The van der Waals surface area contributed by atoms with Gasteiger partial charge in [0.05, 0.1) is 0 Å². The van der Waals surface area contributed by atoms with E-state index in [9.17, 15) is 0 Å². The normalized spacial score (nSPS) is 18.4. The summed E-state index contributed by atoms with van der Waals surface area (Å²) in [5, 5.41) is 0. The summed E-state index contributed by atoms with van der Waals surface area (Å²) in [6, 6.07) is 0. The van der Waals surface area contributed by atoms with Crippen molar-refractivity contribution in [1.82, 2.24) is 0 Å². The van der Waals surface area contributed by atoms with Gasteiger partial charge in [-0.15, -0.1) is 0 Å². The number of rotatable bonds is 19. The maximum absolute atomic E-state index is 2.50. The molecule has 0 fully saturated rings. The third-order valence-electron chi connectivity index (χ3n) is 6.94. The summed E-state index contributed by atoms with van der Waals surface area (Å²) >= 11 is 0. The minimum Gasteiger partial charge on any atom is -0.0654 e. The van der Waals surface area contributed by atoms with Crippen molar-refractivity contribution in [3.63, 3.8) is 0 Å². The smallest absolute Gasteiger partial charge is 0.0438 e. The molecule has 0 heteroatoms. The highest BCUT2D eigenvalue weighted by Gasteiger charge is 2.15. The fourth-order valence-corrected chi connectivity index (χ4v) is 5.62. The quantitative estimate of drug-likeness (QED) is 0.191. The molecule has 0 amide bonds. The summed E-state index contributed by atoms with van der Waals surface area (Å²) in [6.07, 6.45) is 20.0. The Balaban J connectivity index is 3.73. The maximum Gasteiger partial charge on any atom is -0.0438 e. The van der Waals surface area contributed by atoms with Crippen LogP contribution in [0.4, 0.5) is 0 Å². The molecule has 0 radical (unpaired) electrons. The van der Waals surface area contributed by atoms with Gasteiger partial charge in [0.15, 0.2) is 0 Å². The largest absolute Gasteiger partial charge is 0.0654 e. The summed E-state index contributed by atoms with van der Waals surface area (Å²) in [7, 11) is 0. The number of hydrogen-bond donors (Lipinski definition) is 0. The van der Waals surface area contributed by atoms with Gasteiger partial charge in [-0.3, -0.25) is 0 Å². The lowest BCUT2D eigenvalue weighted by Crippen LogP contribution is -2.10. The molecule has 28 heavy (non-hydrogen) atoms. The molecular weight excluding hydrogens is 336 g/mol. The first-order valence-corrected chi connectivity index (χ1v) is 13.3. The maximum atomic E-state index is 2.50. The van der Waals surface area contributed by atoms with E-state index < -0.39 is 0 Å². The average Bonchev–Trinajstić information content (AvgIpc) is 2.59. The highest BCUT2D eigenvalue weighted by molar-refractivity contribution is 4.67. The second kappa shape index (κ2) is 17.8. The molecule has 0 aromatic carbocycles. The van der Waals surface area contributed by atoms with E-state index in [4.69, 9.17) is 0 Å². The molecular formula is C28H58. The zero-order chi connectivity index (χ0) is 21.4. The predicted octanol–water partition coefficient (Wildman–Crippen LogP) is 10.3. The molecule has 6 atom stereocenters. The predicted molar refractivity (Wildman–Crippen MR) is 131 cm³/mol. The molecule has 0 N–H and O–H groups in total. The molecule has 0 aliphatic carbocycles. The third-order valence-corrected chi connectivity index (χ3v) is 6.94. The SMILES string of the molecule is CCCC[C@H](C)C[C@H](C)CCCCC[C@H](C)C[C@H](C)C[C@@H](C)C[C@H](C)CCC. The van der Waals surface area contributed by atoms with Crippen LogP contribution in [0.15, 0.2) is 0 Å². The van der Waals surface area contributed by atoms with Crippen LogP contribution in [0, 0.1) is 35.5 Å². The summed E-state index contributed by atoms with van der Waals surface area (Å²) in [6.45, 7) is 19.5. The zero-order valence-corrected chi connectivity index (χ0v) is 21.4. The van der Waals surface area contributed by atoms with E-state index in [-0.39, 0.29) is 0 Å². The van der Waals surface area contributed by atoms with Crippen LogP contribution in [0.25, 0.3) is 0 Å². The topological polar surface area (TPSA) is 0 Å². The molecule has 0 aliphatic rings. The van der Waals surface area contributed by atoms with Gasteiger partial charge in [-0.05, 0) is 61.2 Å². The lowest BCUT2D eigenvalue weighted by molar-refractivity contribution is 0.292. The van der Waals surface area contributed by atoms with E-state index in [2.05, 4.69) is 55.4 Å². The van der Waals surface area contributed by atoms with Gasteiger partial charge in [0, 0.05) is 0 Å². The fourth-order valence-electron chi connectivity index (χ4n) is 5.62. The van der Waals surface area contributed by atoms with Gasteiger partial charge in [-0.1, -0.05) is 120 Å². The molecule has 170 valence electrons. The fraction of sp³-hybridized carbons (Fsp3) is 1.00. The van der Waals surface area contributed by atoms with Crippen molar-refractivity contribution in [1.29, 1.82) is 0 Å². The second-order valence-corrected chi connectivity index (χ2v) is 11.1. The molecule has 0 spiro atoms.